The molecule has 2 atom stereocenters. The summed E-state index contributed by atoms with van der Waals surface area (Å²) in [6, 6.07) is 13.4. The number of hydrogen-bond acceptors (Lipinski definition) is 7. The zero-order chi connectivity index (χ0) is 20.3. The number of anilines is 2. The fourth-order valence-corrected chi connectivity index (χ4v) is 4.22. The standard InChI is InChI=1S/C18H20N6O3S/c1-12(9-13-5-2-3-8-16(13)19)11-28(27)18-22-21-17(20)23(18)14-6-4-7-15(10-14)24(25)26/h2-8,10,12H,9,11,19H2,1H3,(H2,20,21)/t12-,28?/m0/s1. The lowest BCUT2D eigenvalue weighted by Crippen LogP contribution is -2.15. The molecule has 3 rings (SSSR count). The van der Waals surface area contributed by atoms with E-state index in [4.69, 9.17) is 11.5 Å². The molecule has 4 N–H and O–H groups in total. The van der Waals surface area contributed by atoms with Gasteiger partial charge in [0.25, 0.3) is 5.69 Å². The first-order valence-electron chi connectivity index (χ1n) is 8.54. The molecule has 0 bridgehead atoms. The molecule has 1 unspecified atom stereocenters. The van der Waals surface area contributed by atoms with Gasteiger partial charge in [-0.2, -0.15) is 0 Å². The van der Waals surface area contributed by atoms with Crippen LogP contribution in [0.5, 0.6) is 0 Å². The number of para-hydroxylation sites is 1. The molecular weight excluding hydrogens is 380 g/mol. The highest BCUT2D eigenvalue weighted by Crippen LogP contribution is 2.23. The van der Waals surface area contributed by atoms with Crippen LogP contribution in [-0.2, 0) is 17.2 Å². The van der Waals surface area contributed by atoms with E-state index in [0.29, 0.717) is 23.5 Å². The van der Waals surface area contributed by atoms with E-state index in [0.717, 1.165) is 5.56 Å². The van der Waals surface area contributed by atoms with Crippen molar-refractivity contribution >= 4 is 28.1 Å². The number of nitrogens with zero attached hydrogens (tertiary/aromatic N) is 4. The summed E-state index contributed by atoms with van der Waals surface area (Å²) in [6.07, 6.45) is 0.666. The second kappa shape index (κ2) is 8.17. The number of nitro benzene ring substituents is 1. The van der Waals surface area contributed by atoms with Crippen molar-refractivity contribution in [2.75, 3.05) is 17.2 Å². The SMILES string of the molecule is C[C@@H](Cc1ccccc1N)CS(=O)c1nnc(N)n1-c1cccc([N+](=O)[O-])c1. The number of rotatable bonds is 7. The molecule has 3 aromatic rings. The van der Waals surface area contributed by atoms with Gasteiger partial charge in [0.05, 0.1) is 21.4 Å². The third kappa shape index (κ3) is 4.17. The van der Waals surface area contributed by atoms with E-state index in [1.54, 1.807) is 6.07 Å². The molecular formula is C18H20N6O3S. The monoisotopic (exact) mass is 400 g/mol. The summed E-state index contributed by atoms with van der Waals surface area (Å²) < 4.78 is 14.3. The first kappa shape index (κ1) is 19.5. The highest BCUT2D eigenvalue weighted by Gasteiger charge is 2.21. The van der Waals surface area contributed by atoms with Gasteiger partial charge >= 0.3 is 0 Å². The Morgan fingerprint density at radius 3 is 2.64 bits per heavy atom. The molecule has 0 saturated heterocycles. The van der Waals surface area contributed by atoms with Crippen LogP contribution in [0.25, 0.3) is 5.69 Å². The van der Waals surface area contributed by atoms with Crippen molar-refractivity contribution in [3.63, 3.8) is 0 Å². The topological polar surface area (TPSA) is 143 Å². The molecule has 0 saturated carbocycles. The number of non-ortho nitro benzene ring substituents is 1. The van der Waals surface area contributed by atoms with Crippen LogP contribution in [0.2, 0.25) is 0 Å². The average molecular weight is 400 g/mol. The van der Waals surface area contributed by atoms with Crippen LogP contribution in [0, 0.1) is 16.0 Å². The molecule has 0 aliphatic rings. The third-order valence-electron chi connectivity index (χ3n) is 4.22. The van der Waals surface area contributed by atoms with Gasteiger partial charge in [0.15, 0.2) is 0 Å². The fourth-order valence-electron chi connectivity index (χ4n) is 2.90. The minimum absolute atomic E-state index is 0.0174. The van der Waals surface area contributed by atoms with E-state index < -0.39 is 15.7 Å². The maximum Gasteiger partial charge on any atom is 0.271 e. The van der Waals surface area contributed by atoms with E-state index >= 15 is 0 Å². The Morgan fingerprint density at radius 1 is 1.18 bits per heavy atom. The van der Waals surface area contributed by atoms with Crippen molar-refractivity contribution in [3.05, 3.63) is 64.2 Å². The first-order chi connectivity index (χ1) is 13.4. The van der Waals surface area contributed by atoms with Crippen molar-refractivity contribution in [1.82, 2.24) is 14.8 Å². The Bertz CT molecular complexity index is 1040. The van der Waals surface area contributed by atoms with E-state index in [2.05, 4.69) is 10.2 Å². The third-order valence-corrected chi connectivity index (χ3v) is 5.76. The molecule has 0 fully saturated rings. The van der Waals surface area contributed by atoms with E-state index in [-0.39, 0.29) is 22.7 Å². The van der Waals surface area contributed by atoms with Crippen LogP contribution in [0.3, 0.4) is 0 Å². The number of nitrogens with two attached hydrogens (primary N) is 2. The molecule has 0 radical (unpaired) electrons. The predicted molar refractivity (Wildman–Crippen MR) is 107 cm³/mol. The van der Waals surface area contributed by atoms with Crippen molar-refractivity contribution in [2.45, 2.75) is 18.5 Å². The average Bonchev–Trinajstić information content (AvgIpc) is 3.05. The van der Waals surface area contributed by atoms with Gasteiger partial charge < -0.3 is 11.5 Å². The van der Waals surface area contributed by atoms with Crippen LogP contribution in [0.1, 0.15) is 12.5 Å². The number of nitrogen functional groups attached to an aromatic ring is 2. The summed E-state index contributed by atoms with van der Waals surface area (Å²) in [5.41, 5.74) is 13.8. The first-order valence-corrected chi connectivity index (χ1v) is 9.86. The molecule has 10 heteroatoms. The lowest BCUT2D eigenvalue weighted by Gasteiger charge is -2.13. The Labute approximate surface area is 164 Å². The van der Waals surface area contributed by atoms with Gasteiger partial charge in [-0.05, 0) is 30.0 Å². The van der Waals surface area contributed by atoms with Crippen LogP contribution >= 0.6 is 0 Å². The lowest BCUT2D eigenvalue weighted by atomic mass is 10.0. The van der Waals surface area contributed by atoms with Crippen LogP contribution in [0.15, 0.2) is 53.7 Å². The highest BCUT2D eigenvalue weighted by molar-refractivity contribution is 7.84. The molecule has 1 heterocycles. The Balaban J connectivity index is 1.83. The molecule has 146 valence electrons. The van der Waals surface area contributed by atoms with Crippen molar-refractivity contribution < 1.29 is 9.13 Å². The normalized spacial score (nSPS) is 13.2. The minimum atomic E-state index is -1.50. The minimum Gasteiger partial charge on any atom is -0.399 e. The Morgan fingerprint density at radius 2 is 1.93 bits per heavy atom. The van der Waals surface area contributed by atoms with E-state index in [1.165, 1.54) is 22.8 Å². The predicted octanol–water partition coefficient (Wildman–Crippen LogP) is 2.33. The zero-order valence-electron chi connectivity index (χ0n) is 15.2. The molecule has 28 heavy (non-hydrogen) atoms. The molecule has 9 nitrogen and oxygen atoms in total. The number of benzene rings is 2. The van der Waals surface area contributed by atoms with Gasteiger partial charge in [0.2, 0.25) is 11.1 Å². The van der Waals surface area contributed by atoms with E-state index in [9.17, 15) is 14.3 Å². The van der Waals surface area contributed by atoms with Gasteiger partial charge in [-0.15, -0.1) is 10.2 Å². The molecule has 0 spiro atoms. The van der Waals surface area contributed by atoms with Crippen molar-refractivity contribution in [3.8, 4) is 5.69 Å². The quantitative estimate of drug-likeness (QED) is 0.352. The summed E-state index contributed by atoms with van der Waals surface area (Å²) in [6.45, 7) is 1.97. The number of aromatic nitrogens is 3. The molecule has 0 aliphatic carbocycles. The van der Waals surface area contributed by atoms with E-state index in [1.807, 2.05) is 31.2 Å². The van der Waals surface area contributed by atoms with Gasteiger partial charge in [-0.25, -0.2) is 0 Å². The summed E-state index contributed by atoms with van der Waals surface area (Å²) in [4.78, 5) is 10.5. The summed E-state index contributed by atoms with van der Waals surface area (Å²) in [7, 11) is -1.50. The largest absolute Gasteiger partial charge is 0.399 e. The van der Waals surface area contributed by atoms with Gasteiger partial charge in [0, 0.05) is 23.6 Å². The van der Waals surface area contributed by atoms with Crippen molar-refractivity contribution in [2.24, 2.45) is 5.92 Å². The number of nitro groups is 1. The van der Waals surface area contributed by atoms with Crippen LogP contribution in [0.4, 0.5) is 17.3 Å². The van der Waals surface area contributed by atoms with Crippen molar-refractivity contribution in [1.29, 1.82) is 0 Å². The molecule has 1 aromatic heterocycles. The Hall–Kier alpha value is -3.27. The maximum atomic E-state index is 12.9. The molecule has 2 aromatic carbocycles. The second-order valence-electron chi connectivity index (χ2n) is 6.47. The molecule has 0 aliphatic heterocycles. The fraction of sp³-hybridized carbons (Fsp3) is 0.222. The van der Waals surface area contributed by atoms with Gasteiger partial charge in [0.1, 0.15) is 0 Å². The smallest absolute Gasteiger partial charge is 0.271 e. The van der Waals surface area contributed by atoms with Crippen LogP contribution < -0.4 is 11.5 Å². The lowest BCUT2D eigenvalue weighted by molar-refractivity contribution is -0.384. The summed E-state index contributed by atoms with van der Waals surface area (Å²) in [5.74, 6) is 0.396. The zero-order valence-corrected chi connectivity index (χ0v) is 16.0. The summed E-state index contributed by atoms with van der Waals surface area (Å²) >= 11 is 0. The van der Waals surface area contributed by atoms with Gasteiger partial charge in [-0.3, -0.25) is 18.9 Å². The highest BCUT2D eigenvalue weighted by atomic mass is 32.2. The molecule has 0 amide bonds. The van der Waals surface area contributed by atoms with Gasteiger partial charge in [-0.1, -0.05) is 31.2 Å². The summed E-state index contributed by atoms with van der Waals surface area (Å²) in [5, 5.41) is 18.9. The maximum absolute atomic E-state index is 12.9. The Kier molecular flexibility index (Phi) is 5.69. The number of hydrogen-bond donors (Lipinski definition) is 2. The van der Waals surface area contributed by atoms with Crippen LogP contribution in [-0.4, -0.2) is 29.6 Å². The second-order valence-corrected chi connectivity index (χ2v) is 7.86.